The molecule has 1 aliphatic rings. The lowest BCUT2D eigenvalue weighted by Gasteiger charge is -2.39. The molecule has 1 saturated heterocycles. The fraction of sp³-hybridized carbons (Fsp3) is 0.438. The predicted molar refractivity (Wildman–Crippen MR) is 96.0 cm³/mol. The van der Waals surface area contributed by atoms with Crippen LogP contribution in [0.15, 0.2) is 36.9 Å². The third kappa shape index (κ3) is 3.87. The van der Waals surface area contributed by atoms with Crippen molar-refractivity contribution in [2.45, 2.75) is 25.8 Å². The van der Waals surface area contributed by atoms with E-state index < -0.39 is 15.4 Å². The number of aryl methyl sites for hydroxylation is 1. The first-order valence-electron chi connectivity index (χ1n) is 7.22. The van der Waals surface area contributed by atoms with Crippen LogP contribution in [-0.2, 0) is 9.84 Å². The summed E-state index contributed by atoms with van der Waals surface area (Å²) in [4.78, 5) is 1.93. The van der Waals surface area contributed by atoms with Crippen molar-refractivity contribution in [2.24, 2.45) is 0 Å². The summed E-state index contributed by atoms with van der Waals surface area (Å²) < 4.78 is 23.7. The fourth-order valence-electron chi connectivity index (χ4n) is 2.71. The van der Waals surface area contributed by atoms with Crippen molar-refractivity contribution in [3.63, 3.8) is 0 Å². The van der Waals surface area contributed by atoms with Gasteiger partial charge < -0.3 is 10.2 Å². The van der Waals surface area contributed by atoms with Crippen molar-refractivity contribution in [1.29, 1.82) is 0 Å². The highest BCUT2D eigenvalue weighted by atomic mass is 32.2. The lowest BCUT2D eigenvalue weighted by molar-refractivity contribution is 0.244. The van der Waals surface area contributed by atoms with Gasteiger partial charge in [0.2, 0.25) is 0 Å². The number of hydrogen-bond donors (Lipinski definition) is 1. The minimum atomic E-state index is -2.99. The molecule has 22 heavy (non-hydrogen) atoms. The van der Waals surface area contributed by atoms with E-state index >= 15 is 0 Å². The van der Waals surface area contributed by atoms with Crippen molar-refractivity contribution < 1.29 is 8.42 Å². The van der Waals surface area contributed by atoms with Gasteiger partial charge in [0.15, 0.2) is 14.9 Å². The number of hydrogen-bond acceptors (Lipinski definition) is 3. The number of thiocarbonyl (C=S) groups is 1. The van der Waals surface area contributed by atoms with Gasteiger partial charge in [0.05, 0.1) is 17.0 Å². The maximum absolute atomic E-state index is 11.9. The Kier molecular flexibility index (Phi) is 4.92. The second-order valence-electron chi connectivity index (χ2n) is 6.03. The first-order valence-corrected chi connectivity index (χ1v) is 9.45. The van der Waals surface area contributed by atoms with Crippen LogP contribution in [0.4, 0.5) is 5.69 Å². The Morgan fingerprint density at radius 3 is 2.59 bits per heavy atom. The molecule has 1 aromatic rings. The number of benzene rings is 1. The Labute approximate surface area is 138 Å². The normalized spacial score (nSPS) is 23.0. The van der Waals surface area contributed by atoms with Gasteiger partial charge in [-0.2, -0.15) is 0 Å². The van der Waals surface area contributed by atoms with Crippen LogP contribution >= 0.6 is 12.2 Å². The van der Waals surface area contributed by atoms with Crippen molar-refractivity contribution in [2.75, 3.05) is 23.4 Å². The molecule has 1 aromatic carbocycles. The molecule has 0 bridgehead atoms. The molecular formula is C16H22N2O2S2. The van der Waals surface area contributed by atoms with Crippen LogP contribution in [0.2, 0.25) is 0 Å². The van der Waals surface area contributed by atoms with E-state index in [1.54, 1.807) is 6.08 Å². The molecule has 1 aliphatic heterocycles. The van der Waals surface area contributed by atoms with Crippen LogP contribution < -0.4 is 5.32 Å². The van der Waals surface area contributed by atoms with Gasteiger partial charge in [-0.25, -0.2) is 8.42 Å². The molecule has 1 atom stereocenters. The van der Waals surface area contributed by atoms with E-state index in [-0.39, 0.29) is 11.5 Å². The average Bonchev–Trinajstić information content (AvgIpc) is 2.73. The molecule has 6 heteroatoms. The molecular weight excluding hydrogens is 316 g/mol. The third-order valence-corrected chi connectivity index (χ3v) is 6.20. The number of anilines is 1. The highest BCUT2D eigenvalue weighted by Crippen LogP contribution is 2.30. The number of nitrogens with zero attached hydrogens (tertiary/aromatic N) is 1. The Hall–Kier alpha value is -1.40. The molecule has 0 spiro atoms. The lowest BCUT2D eigenvalue weighted by Crippen LogP contribution is -2.52. The van der Waals surface area contributed by atoms with E-state index in [9.17, 15) is 8.42 Å². The maximum atomic E-state index is 11.9. The molecule has 0 aliphatic carbocycles. The summed E-state index contributed by atoms with van der Waals surface area (Å²) in [5.41, 5.74) is 1.59. The summed E-state index contributed by atoms with van der Waals surface area (Å²) in [5, 5.41) is 3.73. The summed E-state index contributed by atoms with van der Waals surface area (Å²) in [6, 6.07) is 7.93. The van der Waals surface area contributed by atoms with Gasteiger partial charge >= 0.3 is 0 Å². The van der Waals surface area contributed by atoms with Crippen LogP contribution in [0.3, 0.4) is 0 Å². The maximum Gasteiger partial charge on any atom is 0.174 e. The number of nitrogens with one attached hydrogen (secondary N) is 1. The minimum Gasteiger partial charge on any atom is -0.339 e. The molecule has 0 unspecified atom stereocenters. The van der Waals surface area contributed by atoms with Gasteiger partial charge in [0.1, 0.15) is 0 Å². The SMILES string of the molecule is C=CCN(C(=S)Nc1ccc(C)cc1)[C@@]1(C)CCS(=O)(=O)C1. The van der Waals surface area contributed by atoms with E-state index in [4.69, 9.17) is 12.2 Å². The molecule has 120 valence electrons. The average molecular weight is 338 g/mol. The second-order valence-corrected chi connectivity index (χ2v) is 8.61. The van der Waals surface area contributed by atoms with Gasteiger partial charge in [-0.05, 0) is 44.6 Å². The van der Waals surface area contributed by atoms with E-state index in [0.29, 0.717) is 18.1 Å². The summed E-state index contributed by atoms with van der Waals surface area (Å²) in [5.74, 6) is 0.341. The van der Waals surface area contributed by atoms with Gasteiger partial charge in [0, 0.05) is 12.2 Å². The first-order chi connectivity index (χ1) is 10.3. The smallest absolute Gasteiger partial charge is 0.174 e. The largest absolute Gasteiger partial charge is 0.339 e. The lowest BCUT2D eigenvalue weighted by atomic mass is 10.00. The van der Waals surface area contributed by atoms with Crippen LogP contribution in [-0.4, -0.2) is 42.0 Å². The Morgan fingerprint density at radius 2 is 2.09 bits per heavy atom. The topological polar surface area (TPSA) is 49.4 Å². The predicted octanol–water partition coefficient (Wildman–Crippen LogP) is 2.76. The van der Waals surface area contributed by atoms with Crippen molar-refractivity contribution in [3.05, 3.63) is 42.5 Å². The van der Waals surface area contributed by atoms with E-state index in [0.717, 1.165) is 5.69 Å². The molecule has 0 aromatic heterocycles. The Morgan fingerprint density at radius 1 is 1.45 bits per heavy atom. The van der Waals surface area contributed by atoms with Crippen LogP contribution in [0.5, 0.6) is 0 Å². The molecule has 0 amide bonds. The van der Waals surface area contributed by atoms with Gasteiger partial charge in [-0.15, -0.1) is 6.58 Å². The van der Waals surface area contributed by atoms with Crippen LogP contribution in [0, 0.1) is 6.92 Å². The zero-order chi connectivity index (χ0) is 16.4. The van der Waals surface area contributed by atoms with Gasteiger partial charge in [-0.3, -0.25) is 0 Å². The highest BCUT2D eigenvalue weighted by molar-refractivity contribution is 7.91. The van der Waals surface area contributed by atoms with Crippen LogP contribution in [0.25, 0.3) is 0 Å². The zero-order valence-corrected chi connectivity index (χ0v) is 14.6. The molecule has 1 fully saturated rings. The van der Waals surface area contributed by atoms with Crippen molar-refractivity contribution in [1.82, 2.24) is 4.90 Å². The standard InChI is InChI=1S/C16H22N2O2S2/c1-4-10-18(16(3)9-11-22(19,20)12-16)15(21)17-14-7-5-13(2)6-8-14/h4-8H,1,9-12H2,2-3H3,(H,17,21)/t16-/m0/s1. The quantitative estimate of drug-likeness (QED) is 0.676. The number of sulfone groups is 1. The minimum absolute atomic E-state index is 0.129. The molecule has 2 rings (SSSR count). The molecule has 4 nitrogen and oxygen atoms in total. The number of rotatable bonds is 4. The molecule has 0 saturated carbocycles. The first kappa shape index (κ1) is 17.0. The summed E-state index contributed by atoms with van der Waals surface area (Å²) in [7, 11) is -2.99. The summed E-state index contributed by atoms with van der Waals surface area (Å²) in [6.07, 6.45) is 2.33. The Balaban J connectivity index is 2.18. The second kappa shape index (κ2) is 6.38. The fourth-order valence-corrected chi connectivity index (χ4v) is 5.27. The zero-order valence-electron chi connectivity index (χ0n) is 13.0. The van der Waals surface area contributed by atoms with Gasteiger partial charge in [0.25, 0.3) is 0 Å². The molecule has 0 radical (unpaired) electrons. The highest BCUT2D eigenvalue weighted by Gasteiger charge is 2.43. The summed E-state index contributed by atoms with van der Waals surface area (Å²) in [6.45, 7) is 8.25. The molecule has 1 heterocycles. The monoisotopic (exact) mass is 338 g/mol. The van der Waals surface area contributed by atoms with Crippen molar-refractivity contribution in [3.8, 4) is 0 Å². The Bertz CT molecular complexity index is 668. The van der Waals surface area contributed by atoms with E-state index in [1.165, 1.54) is 5.56 Å². The molecule has 1 N–H and O–H groups in total. The van der Waals surface area contributed by atoms with Crippen LogP contribution in [0.1, 0.15) is 18.9 Å². The van der Waals surface area contributed by atoms with Crippen molar-refractivity contribution >= 4 is 32.9 Å². The summed E-state index contributed by atoms with van der Waals surface area (Å²) >= 11 is 5.51. The van der Waals surface area contributed by atoms with E-state index in [1.807, 2.05) is 43.0 Å². The third-order valence-electron chi connectivity index (χ3n) is 3.99. The van der Waals surface area contributed by atoms with E-state index in [2.05, 4.69) is 11.9 Å². The van der Waals surface area contributed by atoms with Gasteiger partial charge in [-0.1, -0.05) is 23.8 Å².